The molecule has 6 nitrogen and oxygen atoms in total. The maximum Gasteiger partial charge on any atom is 0.410 e. The molecule has 2 rings (SSSR count). The smallest absolute Gasteiger partial charge is 0.410 e. The number of carbonyl (C=O) groups excluding carboxylic acids is 2. The van der Waals surface area contributed by atoms with E-state index in [-0.39, 0.29) is 25.2 Å². The number of hydrogen-bond donors (Lipinski definition) is 1. The second-order valence-electron chi connectivity index (χ2n) is 7.36. The molecule has 1 unspecified atom stereocenters. The Morgan fingerprint density at radius 1 is 1.24 bits per heavy atom. The number of amides is 1. The Bertz CT molecular complexity index is 569. The summed E-state index contributed by atoms with van der Waals surface area (Å²) < 4.78 is 10.6. The maximum absolute atomic E-state index is 12.1. The van der Waals surface area contributed by atoms with Crippen LogP contribution in [-0.2, 0) is 20.9 Å². The van der Waals surface area contributed by atoms with E-state index in [0.29, 0.717) is 25.6 Å². The fourth-order valence-corrected chi connectivity index (χ4v) is 2.73. The van der Waals surface area contributed by atoms with E-state index in [1.54, 1.807) is 4.90 Å². The fourth-order valence-electron chi connectivity index (χ4n) is 2.73. The monoisotopic (exact) mass is 348 g/mol. The molecule has 0 saturated carbocycles. The van der Waals surface area contributed by atoms with Gasteiger partial charge in [0.25, 0.3) is 0 Å². The van der Waals surface area contributed by atoms with Crippen LogP contribution in [0.5, 0.6) is 0 Å². The van der Waals surface area contributed by atoms with Gasteiger partial charge in [-0.1, -0.05) is 30.3 Å². The Balaban J connectivity index is 1.64. The lowest BCUT2D eigenvalue weighted by atomic mass is 10.1. The average molecular weight is 348 g/mol. The molecule has 6 heteroatoms. The Labute approximate surface area is 149 Å². The Morgan fingerprint density at radius 2 is 1.96 bits per heavy atom. The molecule has 0 aromatic heterocycles. The van der Waals surface area contributed by atoms with Crippen molar-refractivity contribution in [3.63, 3.8) is 0 Å². The van der Waals surface area contributed by atoms with Gasteiger partial charge < -0.3 is 19.7 Å². The number of benzene rings is 1. The highest BCUT2D eigenvalue weighted by atomic mass is 16.6. The predicted molar refractivity (Wildman–Crippen MR) is 95.0 cm³/mol. The third kappa shape index (κ3) is 7.13. The summed E-state index contributed by atoms with van der Waals surface area (Å²) in [5, 5.41) is 3.11. The summed E-state index contributed by atoms with van der Waals surface area (Å²) in [6, 6.07) is 9.64. The van der Waals surface area contributed by atoms with Crippen LogP contribution in [-0.4, -0.2) is 48.7 Å². The molecule has 1 aliphatic rings. The normalized spacial score (nSPS) is 17.4. The first-order valence-corrected chi connectivity index (χ1v) is 8.72. The second kappa shape index (κ2) is 8.85. The van der Waals surface area contributed by atoms with E-state index in [1.807, 2.05) is 51.1 Å². The van der Waals surface area contributed by atoms with Gasteiger partial charge in [-0.05, 0) is 38.7 Å². The Kier molecular flexibility index (Phi) is 6.82. The minimum Gasteiger partial charge on any atom is -0.459 e. The van der Waals surface area contributed by atoms with Crippen molar-refractivity contribution >= 4 is 12.1 Å². The molecule has 0 aliphatic carbocycles. The van der Waals surface area contributed by atoms with Crippen LogP contribution in [0, 0.1) is 5.92 Å². The van der Waals surface area contributed by atoms with Crippen molar-refractivity contribution in [2.75, 3.05) is 26.2 Å². The molecule has 1 N–H and O–H groups in total. The highest BCUT2D eigenvalue weighted by Gasteiger charge is 2.27. The van der Waals surface area contributed by atoms with E-state index < -0.39 is 5.60 Å². The summed E-state index contributed by atoms with van der Waals surface area (Å²) in [6.45, 7) is 8.04. The van der Waals surface area contributed by atoms with E-state index in [0.717, 1.165) is 12.0 Å². The van der Waals surface area contributed by atoms with Gasteiger partial charge in [-0.25, -0.2) is 4.79 Å². The number of esters is 1. The highest BCUT2D eigenvalue weighted by molar-refractivity contribution is 5.72. The largest absolute Gasteiger partial charge is 0.459 e. The van der Waals surface area contributed by atoms with Gasteiger partial charge in [-0.2, -0.15) is 0 Å². The highest BCUT2D eigenvalue weighted by Crippen LogP contribution is 2.17. The third-order valence-corrected chi connectivity index (χ3v) is 3.87. The standard InChI is InChI=1S/C19H28N2O4/c1-19(2,3)25-17(22)12-20-11-16-9-10-21(13-16)18(23)24-14-15-7-5-4-6-8-15/h4-8,16,20H,9-14H2,1-3H3. The van der Waals surface area contributed by atoms with Gasteiger partial charge in [-0.3, -0.25) is 4.79 Å². The predicted octanol–water partition coefficient (Wildman–Crippen LogP) is 2.58. The number of nitrogens with zero attached hydrogens (tertiary/aromatic N) is 1. The van der Waals surface area contributed by atoms with Crippen molar-refractivity contribution in [1.82, 2.24) is 10.2 Å². The number of carbonyl (C=O) groups is 2. The van der Waals surface area contributed by atoms with Gasteiger partial charge in [0.15, 0.2) is 0 Å². The summed E-state index contributed by atoms with van der Waals surface area (Å²) in [4.78, 5) is 25.5. The van der Waals surface area contributed by atoms with Crippen molar-refractivity contribution < 1.29 is 19.1 Å². The van der Waals surface area contributed by atoms with Crippen LogP contribution >= 0.6 is 0 Å². The van der Waals surface area contributed by atoms with Crippen LogP contribution in [0.1, 0.15) is 32.8 Å². The molecule has 0 spiro atoms. The first kappa shape index (κ1) is 19.2. The molecule has 1 heterocycles. The summed E-state index contributed by atoms with van der Waals surface area (Å²) in [5.41, 5.74) is 0.511. The van der Waals surface area contributed by atoms with Gasteiger partial charge in [0.1, 0.15) is 12.2 Å². The zero-order chi connectivity index (χ0) is 18.3. The summed E-state index contributed by atoms with van der Waals surface area (Å²) in [5.74, 6) is 0.0661. The van der Waals surface area contributed by atoms with Gasteiger partial charge >= 0.3 is 12.1 Å². The molecule has 0 bridgehead atoms. The summed E-state index contributed by atoms with van der Waals surface area (Å²) >= 11 is 0. The molecular formula is C19H28N2O4. The quantitative estimate of drug-likeness (QED) is 0.800. The van der Waals surface area contributed by atoms with Crippen LogP contribution in [0.4, 0.5) is 4.79 Å². The topological polar surface area (TPSA) is 67.9 Å². The molecule has 1 amide bonds. The molecule has 1 atom stereocenters. The van der Waals surface area contributed by atoms with Crippen molar-refractivity contribution in [3.8, 4) is 0 Å². The summed E-state index contributed by atoms with van der Waals surface area (Å²) in [7, 11) is 0. The molecule has 1 aromatic rings. The van der Waals surface area contributed by atoms with Crippen molar-refractivity contribution in [3.05, 3.63) is 35.9 Å². The van der Waals surface area contributed by atoms with Crippen LogP contribution in [0.15, 0.2) is 30.3 Å². The molecule has 0 radical (unpaired) electrons. The van der Waals surface area contributed by atoms with Crippen LogP contribution in [0.2, 0.25) is 0 Å². The lowest BCUT2D eigenvalue weighted by molar-refractivity contribution is -0.153. The minimum absolute atomic E-state index is 0.187. The van der Waals surface area contributed by atoms with Crippen LogP contribution in [0.3, 0.4) is 0 Å². The molecule has 1 saturated heterocycles. The lowest BCUT2D eigenvalue weighted by Gasteiger charge is -2.20. The maximum atomic E-state index is 12.1. The number of likely N-dealkylation sites (tertiary alicyclic amines) is 1. The summed E-state index contributed by atoms with van der Waals surface area (Å²) in [6.07, 6.45) is 0.625. The zero-order valence-corrected chi connectivity index (χ0v) is 15.3. The fraction of sp³-hybridized carbons (Fsp3) is 0.579. The van der Waals surface area contributed by atoms with E-state index in [4.69, 9.17) is 9.47 Å². The van der Waals surface area contributed by atoms with Gasteiger partial charge in [0, 0.05) is 19.6 Å². The number of nitrogens with one attached hydrogen (secondary N) is 1. The van der Waals surface area contributed by atoms with Gasteiger partial charge in [-0.15, -0.1) is 0 Å². The van der Waals surface area contributed by atoms with E-state index in [9.17, 15) is 9.59 Å². The first-order chi connectivity index (χ1) is 11.8. The SMILES string of the molecule is CC(C)(C)OC(=O)CNCC1CCN(C(=O)OCc2ccccc2)C1. The minimum atomic E-state index is -0.467. The number of rotatable bonds is 6. The molecule has 1 aromatic carbocycles. The Morgan fingerprint density at radius 3 is 2.64 bits per heavy atom. The third-order valence-electron chi connectivity index (χ3n) is 3.87. The second-order valence-corrected chi connectivity index (χ2v) is 7.36. The molecule has 25 heavy (non-hydrogen) atoms. The first-order valence-electron chi connectivity index (χ1n) is 8.72. The Hall–Kier alpha value is -2.08. The van der Waals surface area contributed by atoms with Crippen molar-refractivity contribution in [2.24, 2.45) is 5.92 Å². The van der Waals surface area contributed by atoms with E-state index >= 15 is 0 Å². The molecule has 1 fully saturated rings. The molecular weight excluding hydrogens is 320 g/mol. The number of ether oxygens (including phenoxy) is 2. The van der Waals surface area contributed by atoms with Crippen molar-refractivity contribution in [2.45, 2.75) is 39.4 Å². The van der Waals surface area contributed by atoms with E-state index in [2.05, 4.69) is 5.32 Å². The van der Waals surface area contributed by atoms with Gasteiger partial charge in [0.2, 0.25) is 0 Å². The van der Waals surface area contributed by atoms with Gasteiger partial charge in [0.05, 0.1) is 6.54 Å². The van der Waals surface area contributed by atoms with Crippen LogP contribution in [0.25, 0.3) is 0 Å². The number of hydrogen-bond acceptors (Lipinski definition) is 5. The lowest BCUT2D eigenvalue weighted by Crippen LogP contribution is -2.35. The zero-order valence-electron chi connectivity index (χ0n) is 15.3. The molecule has 1 aliphatic heterocycles. The molecule has 138 valence electrons. The average Bonchev–Trinajstić information content (AvgIpc) is 3.01. The van der Waals surface area contributed by atoms with Crippen LogP contribution < -0.4 is 5.32 Å². The van der Waals surface area contributed by atoms with Crippen molar-refractivity contribution in [1.29, 1.82) is 0 Å². The van der Waals surface area contributed by atoms with E-state index in [1.165, 1.54) is 0 Å².